The lowest BCUT2D eigenvalue weighted by Crippen LogP contribution is -2.47. The first-order chi connectivity index (χ1) is 14.7. The lowest BCUT2D eigenvalue weighted by molar-refractivity contribution is -0.0349. The van der Waals surface area contributed by atoms with Crippen LogP contribution in [0.5, 0.6) is 0 Å². The number of nitrogens with zero attached hydrogens (tertiary/aromatic N) is 4. The van der Waals surface area contributed by atoms with Gasteiger partial charge >= 0.3 is 0 Å². The van der Waals surface area contributed by atoms with E-state index < -0.39 is 15.7 Å². The number of amidine groups is 1. The summed E-state index contributed by atoms with van der Waals surface area (Å²) in [5.41, 5.74) is -0.136. The molecule has 2 heterocycles. The molecule has 1 unspecified atom stereocenters. The van der Waals surface area contributed by atoms with Gasteiger partial charge < -0.3 is 14.9 Å². The predicted molar refractivity (Wildman–Crippen MR) is 125 cm³/mol. The number of aliphatic imine (C=N–C) groups is 1. The minimum Gasteiger partial charge on any atom is -0.366 e. The molecule has 0 bridgehead atoms. The monoisotopic (exact) mass is 480 g/mol. The summed E-state index contributed by atoms with van der Waals surface area (Å²) >= 11 is 7.73. The molecule has 4 rings (SSSR count). The maximum atomic E-state index is 13.3. The van der Waals surface area contributed by atoms with Gasteiger partial charge in [-0.25, -0.2) is 13.4 Å². The van der Waals surface area contributed by atoms with Gasteiger partial charge in [0.15, 0.2) is 10.9 Å². The van der Waals surface area contributed by atoms with Gasteiger partial charge in [-0.15, -0.1) is 0 Å². The summed E-state index contributed by atoms with van der Waals surface area (Å²) in [5, 5.41) is 12.3. The van der Waals surface area contributed by atoms with Crippen molar-refractivity contribution in [3.63, 3.8) is 0 Å². The second kappa shape index (κ2) is 8.73. The predicted octanol–water partition coefficient (Wildman–Crippen LogP) is 2.79. The van der Waals surface area contributed by atoms with Crippen molar-refractivity contribution >= 4 is 44.2 Å². The van der Waals surface area contributed by atoms with Crippen LogP contribution in [0.3, 0.4) is 0 Å². The van der Waals surface area contributed by atoms with Crippen LogP contribution in [-0.2, 0) is 15.7 Å². The first kappa shape index (κ1) is 22.6. The average Bonchev–Trinajstić information content (AvgIpc) is 3.04. The first-order valence-electron chi connectivity index (χ1n) is 9.93. The van der Waals surface area contributed by atoms with Gasteiger partial charge in [0.05, 0.1) is 16.5 Å². The quantitative estimate of drug-likeness (QED) is 0.725. The van der Waals surface area contributed by atoms with Crippen LogP contribution in [0.2, 0.25) is 5.02 Å². The van der Waals surface area contributed by atoms with Gasteiger partial charge in [0.1, 0.15) is 4.90 Å². The van der Waals surface area contributed by atoms with Crippen molar-refractivity contribution in [1.29, 1.82) is 0 Å². The topological polar surface area (TPSA) is 76.5 Å². The normalized spacial score (nSPS) is 24.8. The molecule has 1 atom stereocenters. The van der Waals surface area contributed by atoms with E-state index in [0.717, 1.165) is 5.69 Å². The Balaban J connectivity index is 1.66. The number of hydrogen-bond donors (Lipinski definition) is 1. The lowest BCUT2D eigenvalue weighted by atomic mass is 10.0. The zero-order valence-electron chi connectivity index (χ0n) is 17.4. The third kappa shape index (κ3) is 4.35. The minimum atomic E-state index is -3.77. The third-order valence-electron chi connectivity index (χ3n) is 5.70. The van der Waals surface area contributed by atoms with Crippen molar-refractivity contribution in [2.45, 2.75) is 10.6 Å². The van der Waals surface area contributed by atoms with Gasteiger partial charge in [-0.1, -0.05) is 47.6 Å². The van der Waals surface area contributed by atoms with Gasteiger partial charge in [0, 0.05) is 38.8 Å². The summed E-state index contributed by atoms with van der Waals surface area (Å²) in [6, 6.07) is 14.2. The molecule has 2 aliphatic rings. The third-order valence-corrected chi connectivity index (χ3v) is 9.25. The number of likely N-dealkylation sites (N-methyl/N-ethyl adjacent to an activating group) is 1. The molecule has 10 heteroatoms. The number of halogens is 1. The van der Waals surface area contributed by atoms with E-state index in [9.17, 15) is 13.5 Å². The molecule has 0 aromatic heterocycles. The van der Waals surface area contributed by atoms with E-state index >= 15 is 0 Å². The highest BCUT2D eigenvalue weighted by Crippen LogP contribution is 2.40. The summed E-state index contributed by atoms with van der Waals surface area (Å²) in [6.07, 6.45) is 0. The van der Waals surface area contributed by atoms with Crippen molar-refractivity contribution in [2.24, 2.45) is 4.99 Å². The molecule has 0 amide bonds. The Morgan fingerprint density at radius 2 is 1.74 bits per heavy atom. The van der Waals surface area contributed by atoms with Crippen molar-refractivity contribution in [3.05, 3.63) is 59.1 Å². The Kier molecular flexibility index (Phi) is 6.35. The Labute approximate surface area is 192 Å². The summed E-state index contributed by atoms with van der Waals surface area (Å²) in [7, 11) is -0.0439. The van der Waals surface area contributed by atoms with Gasteiger partial charge in [-0.05, 0) is 31.3 Å². The molecule has 2 aromatic rings. The van der Waals surface area contributed by atoms with Crippen LogP contribution in [0.25, 0.3) is 0 Å². The van der Waals surface area contributed by atoms with Crippen LogP contribution >= 0.6 is 23.4 Å². The number of hydrogen-bond acceptors (Lipinski definition) is 6. The molecule has 7 nitrogen and oxygen atoms in total. The second-order valence-electron chi connectivity index (χ2n) is 7.75. The summed E-state index contributed by atoms with van der Waals surface area (Å²) < 4.78 is 28.0. The van der Waals surface area contributed by atoms with Crippen LogP contribution in [-0.4, -0.2) is 78.8 Å². The molecule has 166 valence electrons. The fraction of sp³-hybridized carbons (Fsp3) is 0.381. The fourth-order valence-corrected chi connectivity index (χ4v) is 6.76. The lowest BCUT2D eigenvalue weighted by Gasteiger charge is -2.33. The Morgan fingerprint density at radius 3 is 2.42 bits per heavy atom. The Hall–Kier alpha value is -1.62. The number of piperazine rings is 1. The summed E-state index contributed by atoms with van der Waals surface area (Å²) in [5.74, 6) is 0.324. The smallest absolute Gasteiger partial charge is 0.244 e. The Bertz CT molecular complexity index is 1090. The second-order valence-corrected chi connectivity index (χ2v) is 11.0. The molecule has 0 radical (unpaired) electrons. The van der Waals surface area contributed by atoms with Crippen LogP contribution in [0.15, 0.2) is 58.4 Å². The van der Waals surface area contributed by atoms with E-state index in [1.165, 1.54) is 22.1 Å². The molecule has 1 N–H and O–H groups in total. The van der Waals surface area contributed by atoms with Crippen molar-refractivity contribution < 1.29 is 13.5 Å². The van der Waals surface area contributed by atoms with Crippen molar-refractivity contribution in [3.8, 4) is 0 Å². The maximum absolute atomic E-state index is 13.3. The highest BCUT2D eigenvalue weighted by atomic mass is 35.5. The average molecular weight is 481 g/mol. The number of sulfonamides is 1. The first-order valence-corrected chi connectivity index (χ1v) is 12.7. The number of thioether (sulfide) groups is 1. The molecule has 0 spiro atoms. The van der Waals surface area contributed by atoms with Crippen LogP contribution in [0.1, 0.15) is 5.56 Å². The SMILES string of the molecule is CN1CCN(S(=O)(=O)c2cc(C3(O)CS/C(=N/c4ccccc4)N3C)ccc2Cl)CC1. The van der Waals surface area contributed by atoms with Gasteiger partial charge in [0.2, 0.25) is 10.0 Å². The van der Waals surface area contributed by atoms with E-state index in [-0.39, 0.29) is 9.92 Å². The zero-order valence-corrected chi connectivity index (χ0v) is 19.8. The van der Waals surface area contributed by atoms with Crippen LogP contribution < -0.4 is 0 Å². The molecule has 0 aliphatic carbocycles. The molecule has 31 heavy (non-hydrogen) atoms. The number of rotatable bonds is 4. The minimum absolute atomic E-state index is 0.0245. The van der Waals surface area contributed by atoms with E-state index in [1.807, 2.05) is 37.4 Å². The molecule has 2 saturated heterocycles. The van der Waals surface area contributed by atoms with Gasteiger partial charge in [0.25, 0.3) is 0 Å². The molecule has 2 aromatic carbocycles. The largest absolute Gasteiger partial charge is 0.366 e. The molecular formula is C21H25ClN4O3S2. The van der Waals surface area contributed by atoms with Crippen LogP contribution in [0.4, 0.5) is 5.69 Å². The van der Waals surface area contributed by atoms with E-state index in [2.05, 4.69) is 9.89 Å². The van der Waals surface area contributed by atoms with Crippen molar-refractivity contribution in [1.82, 2.24) is 14.1 Å². The molecule has 2 aliphatic heterocycles. The number of benzene rings is 2. The number of para-hydroxylation sites is 1. The standard InChI is InChI=1S/C21H25ClN4O3S2/c1-24-10-12-26(13-11-24)31(28,29)19-14-16(8-9-18(19)22)21(27)15-30-20(25(21)2)23-17-6-4-3-5-7-17/h3-9,14,27H,10-13,15H2,1-2H3/b23-20+. The zero-order chi connectivity index (χ0) is 22.2. The van der Waals surface area contributed by atoms with Crippen molar-refractivity contribution in [2.75, 3.05) is 46.0 Å². The Morgan fingerprint density at radius 1 is 1.06 bits per heavy atom. The number of aliphatic hydroxyl groups is 1. The molecule has 2 fully saturated rings. The highest BCUT2D eigenvalue weighted by Gasteiger charge is 2.43. The maximum Gasteiger partial charge on any atom is 0.244 e. The van der Waals surface area contributed by atoms with E-state index in [1.54, 1.807) is 24.1 Å². The summed E-state index contributed by atoms with van der Waals surface area (Å²) in [6.45, 7) is 2.15. The van der Waals surface area contributed by atoms with Gasteiger partial charge in [-0.2, -0.15) is 4.31 Å². The summed E-state index contributed by atoms with van der Waals surface area (Å²) in [4.78, 5) is 8.41. The van der Waals surface area contributed by atoms with Crippen LogP contribution in [0, 0.1) is 0 Å². The molecule has 0 saturated carbocycles. The van der Waals surface area contributed by atoms with Gasteiger partial charge in [-0.3, -0.25) is 0 Å². The van der Waals surface area contributed by atoms with E-state index in [0.29, 0.717) is 42.7 Å². The fourth-order valence-electron chi connectivity index (χ4n) is 3.63. The molecular weight excluding hydrogens is 456 g/mol. The van der Waals surface area contributed by atoms with E-state index in [4.69, 9.17) is 11.6 Å². The highest BCUT2D eigenvalue weighted by molar-refractivity contribution is 8.14.